The van der Waals surface area contributed by atoms with Gasteiger partial charge in [-0.05, 0) is 34.6 Å². The van der Waals surface area contributed by atoms with E-state index in [1.807, 2.05) is 0 Å². The van der Waals surface area contributed by atoms with E-state index in [1.165, 1.54) is 6.92 Å². The van der Waals surface area contributed by atoms with Gasteiger partial charge >= 0.3 is 0 Å². The van der Waals surface area contributed by atoms with Crippen LogP contribution in [0.15, 0.2) is 0 Å². The van der Waals surface area contributed by atoms with E-state index in [2.05, 4.69) is 5.32 Å². The van der Waals surface area contributed by atoms with Crippen LogP contribution in [0.4, 0.5) is 0 Å². The summed E-state index contributed by atoms with van der Waals surface area (Å²) in [5, 5.41) is 11.3. The smallest absolute Gasteiger partial charge is 0.280 e. The summed E-state index contributed by atoms with van der Waals surface area (Å²) in [6.07, 6.45) is 0. The largest absolute Gasteiger partial charge is 0.389 e. The third-order valence-electron chi connectivity index (χ3n) is 2.54. The Morgan fingerprint density at radius 3 is 1.79 bits per heavy atom. The van der Waals surface area contributed by atoms with Gasteiger partial charge in [0.25, 0.3) is 10.1 Å². The average molecular weight is 225 g/mol. The highest BCUT2D eigenvalue weighted by atomic mass is 32.2. The molecule has 0 heterocycles. The number of aliphatic hydroxyl groups is 1. The molecule has 1 unspecified atom stereocenters. The molecule has 0 aliphatic heterocycles. The van der Waals surface area contributed by atoms with E-state index in [-0.39, 0.29) is 0 Å². The normalized spacial score (nSPS) is 16.8. The van der Waals surface area contributed by atoms with Crippen molar-refractivity contribution in [3.05, 3.63) is 0 Å². The van der Waals surface area contributed by atoms with Gasteiger partial charge in [0.1, 0.15) is 5.37 Å². The minimum atomic E-state index is -4.12. The first-order chi connectivity index (χ1) is 5.88. The van der Waals surface area contributed by atoms with Gasteiger partial charge in [0, 0.05) is 5.54 Å². The summed E-state index contributed by atoms with van der Waals surface area (Å²) in [5.74, 6) is 0. The molecule has 6 heteroatoms. The number of hydrogen-bond donors (Lipinski definition) is 3. The molecule has 0 aromatic heterocycles. The van der Waals surface area contributed by atoms with Gasteiger partial charge in [0.05, 0.1) is 5.60 Å². The van der Waals surface area contributed by atoms with Crippen LogP contribution in [0.2, 0.25) is 0 Å². The standard InChI is InChI=1S/C8H19NO4S/c1-6(14(11,12)13)9-7(2,3)8(4,5)10/h6,9-10H,1-5H3,(H,11,12,13). The Morgan fingerprint density at radius 1 is 1.21 bits per heavy atom. The van der Waals surface area contributed by atoms with Gasteiger partial charge in [-0.25, -0.2) is 0 Å². The lowest BCUT2D eigenvalue weighted by molar-refractivity contribution is -0.00568. The summed E-state index contributed by atoms with van der Waals surface area (Å²) in [4.78, 5) is 0. The molecular formula is C8H19NO4S. The van der Waals surface area contributed by atoms with E-state index >= 15 is 0 Å². The molecule has 0 saturated carbocycles. The van der Waals surface area contributed by atoms with Crippen LogP contribution in [-0.4, -0.2) is 34.6 Å². The monoisotopic (exact) mass is 225 g/mol. The van der Waals surface area contributed by atoms with Crippen molar-refractivity contribution in [2.45, 2.75) is 51.1 Å². The van der Waals surface area contributed by atoms with Crippen molar-refractivity contribution in [3.8, 4) is 0 Å². The second kappa shape index (κ2) is 3.77. The minimum absolute atomic E-state index is 0.817. The van der Waals surface area contributed by atoms with E-state index in [0.717, 1.165) is 0 Å². The van der Waals surface area contributed by atoms with Gasteiger partial charge in [-0.2, -0.15) is 8.42 Å². The molecule has 3 N–H and O–H groups in total. The van der Waals surface area contributed by atoms with Crippen LogP contribution >= 0.6 is 0 Å². The number of hydrogen-bond acceptors (Lipinski definition) is 4. The summed E-state index contributed by atoms with van der Waals surface area (Å²) in [6.45, 7) is 7.78. The molecule has 0 radical (unpaired) electrons. The first-order valence-electron chi connectivity index (χ1n) is 4.34. The van der Waals surface area contributed by atoms with Crippen LogP contribution in [-0.2, 0) is 10.1 Å². The maximum Gasteiger partial charge on any atom is 0.280 e. The summed E-state index contributed by atoms with van der Waals surface area (Å²) in [5.41, 5.74) is -1.91. The lowest BCUT2D eigenvalue weighted by Gasteiger charge is -2.39. The third kappa shape index (κ3) is 3.53. The van der Waals surface area contributed by atoms with Gasteiger partial charge in [0.2, 0.25) is 0 Å². The molecule has 1 atom stereocenters. The van der Waals surface area contributed by atoms with Gasteiger partial charge in [0.15, 0.2) is 0 Å². The van der Waals surface area contributed by atoms with Crippen LogP contribution in [0, 0.1) is 0 Å². The molecule has 0 saturated heterocycles. The molecule has 0 fully saturated rings. The molecule has 0 rings (SSSR count). The van der Waals surface area contributed by atoms with Crippen LogP contribution in [0.3, 0.4) is 0 Å². The predicted molar refractivity (Wildman–Crippen MR) is 54.5 cm³/mol. The zero-order valence-corrected chi connectivity index (χ0v) is 10.0. The van der Waals surface area contributed by atoms with Crippen LogP contribution in [0.25, 0.3) is 0 Å². The third-order valence-corrected chi connectivity index (χ3v) is 3.55. The lowest BCUT2D eigenvalue weighted by Crippen LogP contribution is -2.59. The van der Waals surface area contributed by atoms with E-state index in [9.17, 15) is 13.5 Å². The maximum atomic E-state index is 10.7. The SMILES string of the molecule is CC(NC(C)(C)C(C)(C)O)S(=O)(=O)O. The Morgan fingerprint density at radius 2 is 1.57 bits per heavy atom. The highest BCUT2D eigenvalue weighted by Crippen LogP contribution is 2.21. The Balaban J connectivity index is 4.70. The summed E-state index contributed by atoms with van der Waals surface area (Å²) < 4.78 is 30.2. The molecule has 14 heavy (non-hydrogen) atoms. The number of rotatable bonds is 4. The molecule has 0 aliphatic carbocycles. The van der Waals surface area contributed by atoms with E-state index in [1.54, 1.807) is 27.7 Å². The maximum absolute atomic E-state index is 10.7. The fourth-order valence-corrected chi connectivity index (χ4v) is 1.20. The van der Waals surface area contributed by atoms with E-state index < -0.39 is 26.6 Å². The fraction of sp³-hybridized carbons (Fsp3) is 1.00. The van der Waals surface area contributed by atoms with Crippen molar-refractivity contribution in [1.82, 2.24) is 5.32 Å². The van der Waals surface area contributed by atoms with Crippen molar-refractivity contribution in [2.75, 3.05) is 0 Å². The number of nitrogens with one attached hydrogen (secondary N) is 1. The van der Waals surface area contributed by atoms with Gasteiger partial charge in [-0.3, -0.25) is 9.87 Å². The van der Waals surface area contributed by atoms with Crippen molar-refractivity contribution >= 4 is 10.1 Å². The van der Waals surface area contributed by atoms with Gasteiger partial charge in [-0.1, -0.05) is 0 Å². The van der Waals surface area contributed by atoms with Gasteiger partial charge in [-0.15, -0.1) is 0 Å². The second-order valence-corrected chi connectivity index (χ2v) is 6.22. The Labute approximate surface area is 85.3 Å². The summed E-state index contributed by atoms with van der Waals surface area (Å²) in [7, 11) is -4.12. The van der Waals surface area contributed by atoms with Crippen molar-refractivity contribution < 1.29 is 18.1 Å². The fourth-order valence-electron chi connectivity index (χ4n) is 0.759. The second-order valence-electron chi connectivity index (χ2n) is 4.49. The zero-order chi connectivity index (χ0) is 11.8. The Hall–Kier alpha value is -0.170. The molecule has 0 spiro atoms. The molecule has 0 amide bonds. The van der Waals surface area contributed by atoms with Crippen molar-refractivity contribution in [1.29, 1.82) is 0 Å². The molecule has 0 bridgehead atoms. The highest BCUT2D eigenvalue weighted by Gasteiger charge is 2.37. The molecule has 0 aliphatic rings. The van der Waals surface area contributed by atoms with Crippen LogP contribution in [0.1, 0.15) is 34.6 Å². The average Bonchev–Trinajstić information content (AvgIpc) is 1.80. The van der Waals surface area contributed by atoms with E-state index in [0.29, 0.717) is 0 Å². The first kappa shape index (κ1) is 13.8. The molecule has 0 aromatic carbocycles. The topological polar surface area (TPSA) is 86.6 Å². The quantitative estimate of drug-likeness (QED) is 0.601. The Bertz CT molecular complexity index is 289. The highest BCUT2D eigenvalue weighted by molar-refractivity contribution is 7.86. The van der Waals surface area contributed by atoms with Crippen LogP contribution < -0.4 is 5.32 Å². The van der Waals surface area contributed by atoms with Crippen LogP contribution in [0.5, 0.6) is 0 Å². The molecular weight excluding hydrogens is 206 g/mol. The summed E-state index contributed by atoms with van der Waals surface area (Å²) >= 11 is 0. The van der Waals surface area contributed by atoms with Gasteiger partial charge < -0.3 is 5.11 Å². The van der Waals surface area contributed by atoms with Crippen molar-refractivity contribution in [2.24, 2.45) is 0 Å². The van der Waals surface area contributed by atoms with Crippen molar-refractivity contribution in [3.63, 3.8) is 0 Å². The summed E-state index contributed by atoms with van der Waals surface area (Å²) in [6, 6.07) is 0. The minimum Gasteiger partial charge on any atom is -0.389 e. The van der Waals surface area contributed by atoms with E-state index in [4.69, 9.17) is 4.55 Å². The Kier molecular flexibility index (Phi) is 3.72. The molecule has 86 valence electrons. The zero-order valence-electron chi connectivity index (χ0n) is 9.20. The molecule has 0 aromatic rings. The molecule has 5 nitrogen and oxygen atoms in total. The lowest BCUT2D eigenvalue weighted by atomic mass is 9.86. The first-order valence-corrected chi connectivity index (χ1v) is 5.84. The predicted octanol–water partition coefficient (Wildman–Crippen LogP) is 0.359.